The first-order chi connectivity index (χ1) is 7.49. The van der Waals surface area contributed by atoms with Gasteiger partial charge in [0.25, 0.3) is 0 Å². The second kappa shape index (κ2) is 8.14. The molecule has 0 rings (SSSR count). The Morgan fingerprint density at radius 2 is 1.75 bits per heavy atom. The molecule has 0 saturated heterocycles. The zero-order valence-corrected chi connectivity index (χ0v) is 12.3. The van der Waals surface area contributed by atoms with Gasteiger partial charge in [0.05, 0.1) is 0 Å². The topological polar surface area (TPSA) is 0 Å². The highest BCUT2D eigenvalue weighted by molar-refractivity contribution is 4.74. The molecule has 3 unspecified atom stereocenters. The highest BCUT2D eigenvalue weighted by Crippen LogP contribution is 2.34. The van der Waals surface area contributed by atoms with Crippen molar-refractivity contribution in [3.63, 3.8) is 0 Å². The van der Waals surface area contributed by atoms with Gasteiger partial charge in [-0.15, -0.1) is 0 Å². The van der Waals surface area contributed by atoms with Crippen molar-refractivity contribution in [3.05, 3.63) is 6.92 Å². The van der Waals surface area contributed by atoms with Crippen molar-refractivity contribution in [1.29, 1.82) is 0 Å². The van der Waals surface area contributed by atoms with Gasteiger partial charge in [0, 0.05) is 0 Å². The second-order valence-corrected chi connectivity index (χ2v) is 5.95. The Bertz CT molecular complexity index is 159. The van der Waals surface area contributed by atoms with Crippen LogP contribution in [0.4, 0.5) is 0 Å². The molecule has 0 N–H and O–H groups in total. The van der Waals surface area contributed by atoms with Crippen molar-refractivity contribution >= 4 is 0 Å². The average Bonchev–Trinajstić information content (AvgIpc) is 2.24. The molecule has 97 valence electrons. The van der Waals surface area contributed by atoms with E-state index in [-0.39, 0.29) is 0 Å². The fourth-order valence-electron chi connectivity index (χ4n) is 2.76. The molecule has 0 bridgehead atoms. The van der Waals surface area contributed by atoms with Crippen LogP contribution in [0.2, 0.25) is 0 Å². The van der Waals surface area contributed by atoms with Gasteiger partial charge in [-0.3, -0.25) is 0 Å². The molecule has 0 amide bonds. The molecule has 0 nitrogen and oxygen atoms in total. The molecule has 0 aliphatic heterocycles. The largest absolute Gasteiger partial charge is 0.0654 e. The van der Waals surface area contributed by atoms with Crippen LogP contribution in [0.1, 0.15) is 79.6 Å². The van der Waals surface area contributed by atoms with Crippen molar-refractivity contribution in [2.45, 2.75) is 79.6 Å². The van der Waals surface area contributed by atoms with Gasteiger partial charge in [0.1, 0.15) is 0 Å². The Hall–Kier alpha value is 0. The maximum absolute atomic E-state index is 4.18. The van der Waals surface area contributed by atoms with E-state index >= 15 is 0 Å². The molecule has 0 heteroatoms. The van der Waals surface area contributed by atoms with Crippen molar-refractivity contribution in [3.8, 4) is 0 Å². The zero-order chi connectivity index (χ0) is 12.6. The highest BCUT2D eigenvalue weighted by Gasteiger charge is 2.21. The van der Waals surface area contributed by atoms with Crippen molar-refractivity contribution in [2.75, 3.05) is 0 Å². The Morgan fingerprint density at radius 1 is 1.12 bits per heavy atom. The first kappa shape index (κ1) is 16.0. The fourth-order valence-corrected chi connectivity index (χ4v) is 2.76. The molecular formula is C16H33. The molecule has 0 aromatic carbocycles. The normalized spacial score (nSPS) is 17.4. The summed E-state index contributed by atoms with van der Waals surface area (Å²) in [4.78, 5) is 0. The minimum absolute atomic E-state index is 0.595. The van der Waals surface area contributed by atoms with Crippen molar-refractivity contribution in [2.24, 2.45) is 17.3 Å². The number of rotatable bonds is 9. The Morgan fingerprint density at radius 3 is 2.12 bits per heavy atom. The van der Waals surface area contributed by atoms with Crippen LogP contribution < -0.4 is 0 Å². The molecule has 3 atom stereocenters. The lowest BCUT2D eigenvalue weighted by atomic mass is 9.77. The smallest absolute Gasteiger partial charge is 0.0329 e. The maximum Gasteiger partial charge on any atom is -0.0329 e. The van der Waals surface area contributed by atoms with Crippen LogP contribution in [0.15, 0.2) is 0 Å². The van der Waals surface area contributed by atoms with E-state index in [1.165, 1.54) is 44.9 Å². The molecule has 0 aromatic heterocycles. The van der Waals surface area contributed by atoms with E-state index in [0.717, 1.165) is 5.92 Å². The minimum Gasteiger partial charge on any atom is -0.0654 e. The van der Waals surface area contributed by atoms with Gasteiger partial charge < -0.3 is 0 Å². The lowest BCUT2D eigenvalue weighted by Gasteiger charge is -2.29. The first-order valence-corrected chi connectivity index (χ1v) is 7.32. The molecule has 0 fully saturated rings. The highest BCUT2D eigenvalue weighted by atomic mass is 14.3. The third-order valence-corrected chi connectivity index (χ3v) is 4.39. The van der Waals surface area contributed by atoms with E-state index in [4.69, 9.17) is 0 Å². The summed E-state index contributed by atoms with van der Waals surface area (Å²) in [5.41, 5.74) is 0.595. The summed E-state index contributed by atoms with van der Waals surface area (Å²) in [7, 11) is 0. The van der Waals surface area contributed by atoms with Crippen LogP contribution in [0, 0.1) is 24.2 Å². The molecular weight excluding hydrogens is 192 g/mol. The summed E-state index contributed by atoms with van der Waals surface area (Å²) in [6.45, 7) is 15.9. The average molecular weight is 225 g/mol. The third-order valence-electron chi connectivity index (χ3n) is 4.39. The van der Waals surface area contributed by atoms with Crippen molar-refractivity contribution < 1.29 is 0 Å². The van der Waals surface area contributed by atoms with E-state index in [1.54, 1.807) is 0 Å². The quantitative estimate of drug-likeness (QED) is 0.460. The summed E-state index contributed by atoms with van der Waals surface area (Å²) in [5, 5.41) is 0. The van der Waals surface area contributed by atoms with Gasteiger partial charge in [-0.2, -0.15) is 0 Å². The van der Waals surface area contributed by atoms with E-state index in [0.29, 0.717) is 11.3 Å². The van der Waals surface area contributed by atoms with Gasteiger partial charge >= 0.3 is 0 Å². The summed E-state index contributed by atoms with van der Waals surface area (Å²) >= 11 is 0. The molecule has 16 heavy (non-hydrogen) atoms. The Kier molecular flexibility index (Phi) is 8.14. The molecule has 0 spiro atoms. The van der Waals surface area contributed by atoms with Gasteiger partial charge in [-0.05, 0) is 30.1 Å². The van der Waals surface area contributed by atoms with Crippen LogP contribution >= 0.6 is 0 Å². The van der Waals surface area contributed by atoms with E-state index in [2.05, 4.69) is 41.5 Å². The van der Waals surface area contributed by atoms with Crippen LogP contribution in [0.25, 0.3) is 0 Å². The van der Waals surface area contributed by atoms with Gasteiger partial charge in [-0.25, -0.2) is 0 Å². The SMILES string of the molecule is [CH2]C(C)C(CC)CCCC(C)(CC)CCC. The van der Waals surface area contributed by atoms with Crippen LogP contribution in [0.3, 0.4) is 0 Å². The van der Waals surface area contributed by atoms with Crippen LogP contribution in [0.5, 0.6) is 0 Å². The second-order valence-electron chi connectivity index (χ2n) is 5.95. The predicted molar refractivity (Wildman–Crippen MR) is 75.5 cm³/mol. The Labute approximate surface area is 104 Å². The van der Waals surface area contributed by atoms with E-state index in [1.807, 2.05) is 0 Å². The minimum atomic E-state index is 0.595. The van der Waals surface area contributed by atoms with Gasteiger partial charge in [0.15, 0.2) is 0 Å². The van der Waals surface area contributed by atoms with E-state index < -0.39 is 0 Å². The van der Waals surface area contributed by atoms with Crippen LogP contribution in [-0.4, -0.2) is 0 Å². The molecule has 0 aliphatic rings. The third kappa shape index (κ3) is 5.92. The summed E-state index contributed by atoms with van der Waals surface area (Å²) in [5.74, 6) is 1.45. The monoisotopic (exact) mass is 225 g/mol. The molecule has 0 heterocycles. The molecule has 0 aliphatic carbocycles. The standard InChI is InChI=1S/C16H33/c1-7-12-16(6,9-3)13-10-11-15(8-2)14(4)5/h14-15H,4,7-13H2,1-3,5-6H3. The molecule has 0 aromatic rings. The van der Waals surface area contributed by atoms with E-state index in [9.17, 15) is 0 Å². The van der Waals surface area contributed by atoms with Crippen LogP contribution in [-0.2, 0) is 0 Å². The predicted octanol–water partition coefficient (Wildman–Crippen LogP) is 5.87. The number of hydrogen-bond acceptors (Lipinski definition) is 0. The Balaban J connectivity index is 3.93. The summed E-state index contributed by atoms with van der Waals surface area (Å²) < 4.78 is 0. The molecule has 1 radical (unpaired) electrons. The molecule has 0 saturated carbocycles. The lowest BCUT2D eigenvalue weighted by molar-refractivity contribution is 0.234. The maximum atomic E-state index is 4.18. The summed E-state index contributed by atoms with van der Waals surface area (Å²) in [6.07, 6.45) is 9.51. The zero-order valence-electron chi connectivity index (χ0n) is 12.3. The number of hydrogen-bond donors (Lipinski definition) is 0. The lowest BCUT2D eigenvalue weighted by Crippen LogP contribution is -2.16. The fraction of sp³-hybridized carbons (Fsp3) is 0.938. The van der Waals surface area contributed by atoms with Crippen molar-refractivity contribution in [1.82, 2.24) is 0 Å². The first-order valence-electron chi connectivity index (χ1n) is 7.32. The van der Waals surface area contributed by atoms with Gasteiger partial charge in [-0.1, -0.05) is 73.6 Å². The van der Waals surface area contributed by atoms with Gasteiger partial charge in [0.2, 0.25) is 0 Å². The summed E-state index contributed by atoms with van der Waals surface area (Å²) in [6, 6.07) is 0.